The fourth-order valence-electron chi connectivity index (χ4n) is 2.28. The zero-order chi connectivity index (χ0) is 11.1. The predicted molar refractivity (Wildman–Crippen MR) is 60.0 cm³/mol. The van der Waals surface area contributed by atoms with Crippen molar-refractivity contribution in [3.63, 3.8) is 0 Å². The van der Waals surface area contributed by atoms with Crippen molar-refractivity contribution in [2.75, 3.05) is 26.8 Å². The summed E-state index contributed by atoms with van der Waals surface area (Å²) in [7, 11) is 2.21. The lowest BCUT2D eigenvalue weighted by Crippen LogP contribution is -2.56. The van der Waals surface area contributed by atoms with Crippen molar-refractivity contribution in [2.24, 2.45) is 5.92 Å². The van der Waals surface area contributed by atoms with E-state index in [1.54, 1.807) is 0 Å². The maximum absolute atomic E-state index is 5.95. The average molecular weight is 213 g/mol. The third-order valence-corrected chi connectivity index (χ3v) is 4.30. The van der Waals surface area contributed by atoms with Crippen LogP contribution < -0.4 is 0 Å². The molecule has 0 saturated carbocycles. The predicted octanol–water partition coefficient (Wildman–Crippen LogP) is 1.52. The Labute approximate surface area is 92.7 Å². The van der Waals surface area contributed by atoms with E-state index in [-0.39, 0.29) is 5.54 Å². The van der Waals surface area contributed by atoms with Gasteiger partial charge in [0, 0.05) is 18.0 Å². The summed E-state index contributed by atoms with van der Waals surface area (Å²) < 4.78 is 11.1. The molecule has 2 heterocycles. The quantitative estimate of drug-likeness (QED) is 0.665. The topological polar surface area (TPSA) is 25.0 Å². The van der Waals surface area contributed by atoms with Crippen LogP contribution in [0.2, 0.25) is 0 Å². The van der Waals surface area contributed by atoms with E-state index in [0.717, 1.165) is 26.2 Å². The molecular weight excluding hydrogens is 190 g/mol. The zero-order valence-electron chi connectivity index (χ0n) is 10.3. The number of epoxide rings is 1. The summed E-state index contributed by atoms with van der Waals surface area (Å²) in [5, 5.41) is 0. The summed E-state index contributed by atoms with van der Waals surface area (Å²) in [5.41, 5.74) is 0.243. The highest BCUT2D eigenvalue weighted by atomic mass is 16.6. The smallest absolute Gasteiger partial charge is 0.104 e. The molecule has 2 fully saturated rings. The van der Waals surface area contributed by atoms with Gasteiger partial charge in [-0.25, -0.2) is 0 Å². The Morgan fingerprint density at radius 1 is 1.47 bits per heavy atom. The molecule has 3 atom stereocenters. The molecule has 3 heteroatoms. The van der Waals surface area contributed by atoms with Gasteiger partial charge in [0.2, 0.25) is 0 Å². The highest BCUT2D eigenvalue weighted by molar-refractivity contribution is 4.94. The van der Waals surface area contributed by atoms with Crippen LogP contribution >= 0.6 is 0 Å². The fraction of sp³-hybridized carbons (Fsp3) is 1.00. The third-order valence-electron chi connectivity index (χ3n) is 4.30. The standard InChI is InChI=1S/C12H23NO2/c1-9-11(15-8-10-7-14-10)5-6-13(4)12(9,2)3/h9-11H,5-8H2,1-4H3. The van der Waals surface area contributed by atoms with Crippen LogP contribution in [0.25, 0.3) is 0 Å². The van der Waals surface area contributed by atoms with Gasteiger partial charge in [0.25, 0.3) is 0 Å². The van der Waals surface area contributed by atoms with Crippen molar-refractivity contribution >= 4 is 0 Å². The second kappa shape index (κ2) is 4.04. The first-order valence-electron chi connectivity index (χ1n) is 5.96. The van der Waals surface area contributed by atoms with Crippen molar-refractivity contribution < 1.29 is 9.47 Å². The lowest BCUT2D eigenvalue weighted by atomic mass is 9.79. The number of rotatable bonds is 3. The maximum Gasteiger partial charge on any atom is 0.104 e. The molecule has 0 aliphatic carbocycles. The van der Waals surface area contributed by atoms with Crippen molar-refractivity contribution in [3.8, 4) is 0 Å². The van der Waals surface area contributed by atoms with Crippen LogP contribution in [-0.4, -0.2) is 49.5 Å². The molecule has 0 aromatic rings. The van der Waals surface area contributed by atoms with Crippen molar-refractivity contribution in [2.45, 2.75) is 44.9 Å². The normalized spacial score (nSPS) is 40.4. The lowest BCUT2D eigenvalue weighted by molar-refractivity contribution is -0.0814. The van der Waals surface area contributed by atoms with E-state index in [1.165, 1.54) is 0 Å². The van der Waals surface area contributed by atoms with Crippen LogP contribution in [0.15, 0.2) is 0 Å². The van der Waals surface area contributed by atoms with E-state index in [0.29, 0.717) is 18.1 Å². The number of likely N-dealkylation sites (tertiary alicyclic amines) is 1. The average Bonchev–Trinajstić information content (AvgIpc) is 2.98. The van der Waals surface area contributed by atoms with Crippen molar-refractivity contribution in [1.82, 2.24) is 4.90 Å². The molecule has 0 aromatic heterocycles. The number of hydrogen-bond acceptors (Lipinski definition) is 3. The highest BCUT2D eigenvalue weighted by Gasteiger charge is 2.40. The Morgan fingerprint density at radius 3 is 2.73 bits per heavy atom. The Hall–Kier alpha value is -0.120. The van der Waals surface area contributed by atoms with Crippen LogP contribution in [0.3, 0.4) is 0 Å². The molecule has 2 saturated heterocycles. The van der Waals surface area contributed by atoms with Crippen LogP contribution in [-0.2, 0) is 9.47 Å². The largest absolute Gasteiger partial charge is 0.375 e. The van der Waals surface area contributed by atoms with Crippen LogP contribution in [0, 0.1) is 5.92 Å². The van der Waals surface area contributed by atoms with E-state index >= 15 is 0 Å². The lowest BCUT2D eigenvalue weighted by Gasteiger charge is -2.48. The van der Waals surface area contributed by atoms with Gasteiger partial charge in [-0.05, 0) is 27.3 Å². The minimum Gasteiger partial charge on any atom is -0.375 e. The highest BCUT2D eigenvalue weighted by Crippen LogP contribution is 2.33. The molecular formula is C12H23NO2. The zero-order valence-corrected chi connectivity index (χ0v) is 10.3. The Bertz CT molecular complexity index is 226. The fourth-order valence-corrected chi connectivity index (χ4v) is 2.28. The molecule has 0 radical (unpaired) electrons. The summed E-state index contributed by atoms with van der Waals surface area (Å²) in [6.07, 6.45) is 1.94. The monoisotopic (exact) mass is 213 g/mol. The molecule has 0 spiro atoms. The third kappa shape index (κ3) is 2.35. The van der Waals surface area contributed by atoms with Gasteiger partial charge in [-0.3, -0.25) is 0 Å². The first-order valence-corrected chi connectivity index (χ1v) is 5.96. The minimum absolute atomic E-state index is 0.243. The number of ether oxygens (including phenoxy) is 2. The van der Waals surface area contributed by atoms with Crippen LogP contribution in [0.1, 0.15) is 27.2 Å². The molecule has 2 aliphatic rings. The van der Waals surface area contributed by atoms with Gasteiger partial charge in [-0.2, -0.15) is 0 Å². The van der Waals surface area contributed by atoms with Gasteiger partial charge >= 0.3 is 0 Å². The van der Waals surface area contributed by atoms with Gasteiger partial charge < -0.3 is 14.4 Å². The van der Waals surface area contributed by atoms with E-state index < -0.39 is 0 Å². The van der Waals surface area contributed by atoms with Crippen LogP contribution in [0.5, 0.6) is 0 Å². The van der Waals surface area contributed by atoms with Gasteiger partial charge in [0.05, 0.1) is 19.3 Å². The second-order valence-corrected chi connectivity index (χ2v) is 5.48. The summed E-state index contributed by atoms with van der Waals surface area (Å²) in [6.45, 7) is 9.72. The van der Waals surface area contributed by atoms with Gasteiger partial charge in [0.15, 0.2) is 0 Å². The summed E-state index contributed by atoms with van der Waals surface area (Å²) in [5.74, 6) is 0.579. The molecule has 0 amide bonds. The van der Waals surface area contributed by atoms with Crippen LogP contribution in [0.4, 0.5) is 0 Å². The number of hydrogen-bond donors (Lipinski definition) is 0. The molecule has 15 heavy (non-hydrogen) atoms. The SMILES string of the molecule is CC1C(OCC2CO2)CCN(C)C1(C)C. The first-order chi connectivity index (χ1) is 7.01. The Balaban J connectivity index is 1.88. The molecule has 0 aromatic carbocycles. The van der Waals surface area contributed by atoms with E-state index in [9.17, 15) is 0 Å². The van der Waals surface area contributed by atoms with Gasteiger partial charge in [-0.1, -0.05) is 6.92 Å². The summed E-state index contributed by atoms with van der Waals surface area (Å²) >= 11 is 0. The van der Waals surface area contributed by atoms with Gasteiger partial charge in [0.1, 0.15) is 6.10 Å². The summed E-state index contributed by atoms with van der Waals surface area (Å²) in [6, 6.07) is 0. The van der Waals surface area contributed by atoms with E-state index in [1.807, 2.05) is 0 Å². The molecule has 3 nitrogen and oxygen atoms in total. The van der Waals surface area contributed by atoms with Crippen molar-refractivity contribution in [1.29, 1.82) is 0 Å². The van der Waals surface area contributed by atoms with Crippen molar-refractivity contribution in [3.05, 3.63) is 0 Å². The van der Waals surface area contributed by atoms with Gasteiger partial charge in [-0.15, -0.1) is 0 Å². The molecule has 3 unspecified atom stereocenters. The molecule has 88 valence electrons. The Morgan fingerprint density at radius 2 is 2.13 bits per heavy atom. The second-order valence-electron chi connectivity index (χ2n) is 5.48. The molecule has 2 rings (SSSR count). The molecule has 0 bridgehead atoms. The maximum atomic E-state index is 5.95. The number of piperidine rings is 1. The number of nitrogens with zero attached hydrogens (tertiary/aromatic N) is 1. The Kier molecular flexibility index (Phi) is 3.06. The molecule has 0 N–H and O–H groups in total. The molecule has 2 aliphatic heterocycles. The van der Waals surface area contributed by atoms with E-state index in [2.05, 4.69) is 32.7 Å². The minimum atomic E-state index is 0.243. The first kappa shape index (κ1) is 11.4. The summed E-state index contributed by atoms with van der Waals surface area (Å²) in [4.78, 5) is 2.44. The van der Waals surface area contributed by atoms with E-state index in [4.69, 9.17) is 9.47 Å².